The van der Waals surface area contributed by atoms with Crippen LogP contribution in [0.2, 0.25) is 0 Å². The molecular formula is C23H37N5O2. The van der Waals surface area contributed by atoms with Gasteiger partial charge in [0.2, 0.25) is 5.91 Å². The maximum absolute atomic E-state index is 12.7. The van der Waals surface area contributed by atoms with E-state index in [0.717, 1.165) is 49.4 Å². The highest BCUT2D eigenvalue weighted by Crippen LogP contribution is 2.28. The molecule has 1 amide bonds. The van der Waals surface area contributed by atoms with Crippen LogP contribution in [0.5, 0.6) is 0 Å². The Bertz CT molecular complexity index is 736. The third-order valence-corrected chi connectivity index (χ3v) is 6.83. The number of hydrogen-bond donors (Lipinski definition) is 5. The van der Waals surface area contributed by atoms with Crippen molar-refractivity contribution in [2.24, 2.45) is 11.8 Å². The van der Waals surface area contributed by atoms with Gasteiger partial charge in [-0.2, -0.15) is 0 Å². The summed E-state index contributed by atoms with van der Waals surface area (Å²) in [6.07, 6.45) is 4.61. The van der Waals surface area contributed by atoms with Crippen LogP contribution in [-0.2, 0) is 9.53 Å². The number of anilines is 2. The number of rotatable bonds is 5. The SMILES string of the molecule is Cc1ccc(NC(=O)C2CC(C)OC2C)cc1NC1NCCC(C2CCCNC2)N1. The predicted molar refractivity (Wildman–Crippen MR) is 120 cm³/mol. The second-order valence-electron chi connectivity index (χ2n) is 9.21. The van der Waals surface area contributed by atoms with Crippen LogP contribution in [-0.4, -0.2) is 50.1 Å². The van der Waals surface area contributed by atoms with Crippen molar-refractivity contribution < 1.29 is 9.53 Å². The maximum Gasteiger partial charge on any atom is 0.230 e. The summed E-state index contributed by atoms with van der Waals surface area (Å²) in [5, 5.41) is 17.5. The second-order valence-corrected chi connectivity index (χ2v) is 9.21. The first kappa shape index (κ1) is 21.6. The number of aryl methyl sites for hydroxylation is 1. The highest BCUT2D eigenvalue weighted by Gasteiger charge is 2.35. The van der Waals surface area contributed by atoms with Gasteiger partial charge in [0.25, 0.3) is 0 Å². The van der Waals surface area contributed by atoms with E-state index in [1.54, 1.807) is 0 Å². The fourth-order valence-electron chi connectivity index (χ4n) is 5.06. The van der Waals surface area contributed by atoms with Crippen molar-refractivity contribution >= 4 is 17.3 Å². The number of hydrogen-bond acceptors (Lipinski definition) is 6. The average molecular weight is 416 g/mol. The van der Waals surface area contributed by atoms with E-state index in [1.807, 2.05) is 26.0 Å². The molecule has 0 radical (unpaired) electrons. The number of carbonyl (C=O) groups is 1. The molecule has 7 nitrogen and oxygen atoms in total. The van der Waals surface area contributed by atoms with Crippen molar-refractivity contribution in [3.63, 3.8) is 0 Å². The molecule has 3 fully saturated rings. The Labute approximate surface area is 180 Å². The lowest BCUT2D eigenvalue weighted by Gasteiger charge is -2.39. The molecule has 0 aliphatic carbocycles. The second kappa shape index (κ2) is 9.64. The minimum absolute atomic E-state index is 0.0273. The normalized spacial score (nSPS) is 34.5. The molecule has 3 heterocycles. The standard InChI is InChI=1S/C23H37N5O2/c1-14-6-7-18(26-22(29)19-11-15(2)30-16(19)3)12-21(14)28-23-25-10-8-20(27-23)17-5-4-9-24-13-17/h6-7,12,15-17,19-20,23-25,27-28H,4-5,8-11,13H2,1-3H3,(H,26,29). The minimum atomic E-state index is -0.0933. The zero-order chi connectivity index (χ0) is 21.1. The molecule has 166 valence electrons. The number of carbonyl (C=O) groups excluding carboxylic acids is 1. The first-order chi connectivity index (χ1) is 14.5. The predicted octanol–water partition coefficient (Wildman–Crippen LogP) is 2.39. The molecule has 1 aromatic carbocycles. The third kappa shape index (κ3) is 5.14. The molecule has 0 bridgehead atoms. The monoisotopic (exact) mass is 415 g/mol. The molecule has 5 N–H and O–H groups in total. The first-order valence-electron chi connectivity index (χ1n) is 11.5. The quantitative estimate of drug-likeness (QED) is 0.508. The van der Waals surface area contributed by atoms with Crippen LogP contribution in [0.25, 0.3) is 0 Å². The van der Waals surface area contributed by atoms with E-state index < -0.39 is 0 Å². The van der Waals surface area contributed by atoms with E-state index in [-0.39, 0.29) is 30.3 Å². The molecule has 30 heavy (non-hydrogen) atoms. The van der Waals surface area contributed by atoms with Crippen molar-refractivity contribution in [3.05, 3.63) is 23.8 Å². The summed E-state index contributed by atoms with van der Waals surface area (Å²) < 4.78 is 5.74. The average Bonchev–Trinajstić information content (AvgIpc) is 3.09. The van der Waals surface area contributed by atoms with Crippen LogP contribution in [0.1, 0.15) is 45.1 Å². The van der Waals surface area contributed by atoms with Gasteiger partial charge < -0.3 is 20.7 Å². The van der Waals surface area contributed by atoms with Gasteiger partial charge in [0.05, 0.1) is 18.1 Å². The lowest BCUT2D eigenvalue weighted by molar-refractivity contribution is -0.121. The fourth-order valence-corrected chi connectivity index (χ4v) is 5.06. The van der Waals surface area contributed by atoms with E-state index in [4.69, 9.17) is 4.74 Å². The van der Waals surface area contributed by atoms with Crippen LogP contribution in [0.3, 0.4) is 0 Å². The third-order valence-electron chi connectivity index (χ3n) is 6.83. The van der Waals surface area contributed by atoms with E-state index in [9.17, 15) is 4.79 Å². The van der Waals surface area contributed by atoms with Crippen LogP contribution in [0.15, 0.2) is 18.2 Å². The van der Waals surface area contributed by atoms with Gasteiger partial charge in [0, 0.05) is 17.4 Å². The Morgan fingerprint density at radius 2 is 2.07 bits per heavy atom. The van der Waals surface area contributed by atoms with Gasteiger partial charge in [-0.1, -0.05) is 6.07 Å². The Balaban J connectivity index is 1.37. The molecule has 3 saturated heterocycles. The molecule has 3 aliphatic rings. The number of ether oxygens (including phenoxy) is 1. The van der Waals surface area contributed by atoms with Crippen LogP contribution >= 0.6 is 0 Å². The number of nitrogens with one attached hydrogen (secondary N) is 5. The molecule has 1 aromatic rings. The zero-order valence-electron chi connectivity index (χ0n) is 18.5. The molecular weight excluding hydrogens is 378 g/mol. The van der Waals surface area contributed by atoms with Gasteiger partial charge in [0.15, 0.2) is 0 Å². The highest BCUT2D eigenvalue weighted by atomic mass is 16.5. The van der Waals surface area contributed by atoms with Gasteiger partial charge in [-0.25, -0.2) is 0 Å². The van der Waals surface area contributed by atoms with Gasteiger partial charge >= 0.3 is 0 Å². The van der Waals surface area contributed by atoms with Crippen molar-refractivity contribution in [3.8, 4) is 0 Å². The Hall–Kier alpha value is -1.67. The van der Waals surface area contributed by atoms with Gasteiger partial charge in [0.1, 0.15) is 6.29 Å². The zero-order valence-corrected chi connectivity index (χ0v) is 18.5. The van der Waals surface area contributed by atoms with Crippen molar-refractivity contribution in [2.75, 3.05) is 30.3 Å². The molecule has 7 heteroatoms. The molecule has 3 aliphatic heterocycles. The summed E-state index contributed by atoms with van der Waals surface area (Å²) in [7, 11) is 0. The van der Waals surface area contributed by atoms with Crippen molar-refractivity contribution in [1.82, 2.24) is 16.0 Å². The largest absolute Gasteiger partial charge is 0.375 e. The lowest BCUT2D eigenvalue weighted by atomic mass is 9.89. The summed E-state index contributed by atoms with van der Waals surface area (Å²) in [5.74, 6) is 0.638. The molecule has 4 rings (SSSR count). The fraction of sp³-hybridized carbons (Fsp3) is 0.696. The molecule has 0 aromatic heterocycles. The Morgan fingerprint density at radius 3 is 2.80 bits per heavy atom. The van der Waals surface area contributed by atoms with Crippen LogP contribution in [0, 0.1) is 18.8 Å². The van der Waals surface area contributed by atoms with Crippen molar-refractivity contribution in [1.29, 1.82) is 0 Å². The van der Waals surface area contributed by atoms with Crippen molar-refractivity contribution in [2.45, 2.75) is 71.0 Å². The summed E-state index contributed by atoms with van der Waals surface area (Å²) >= 11 is 0. The Morgan fingerprint density at radius 1 is 1.20 bits per heavy atom. The summed E-state index contributed by atoms with van der Waals surface area (Å²) in [6, 6.07) is 6.58. The van der Waals surface area contributed by atoms with E-state index in [2.05, 4.69) is 39.6 Å². The number of amides is 1. The molecule has 6 atom stereocenters. The molecule has 6 unspecified atom stereocenters. The van der Waals surface area contributed by atoms with Gasteiger partial charge in [-0.15, -0.1) is 0 Å². The maximum atomic E-state index is 12.7. The summed E-state index contributed by atoms with van der Waals surface area (Å²) in [5.41, 5.74) is 3.01. The smallest absolute Gasteiger partial charge is 0.230 e. The lowest BCUT2D eigenvalue weighted by Crippen LogP contribution is -2.60. The van der Waals surface area contributed by atoms with Gasteiger partial charge in [-0.05, 0) is 89.7 Å². The van der Waals surface area contributed by atoms with E-state index in [0.29, 0.717) is 12.0 Å². The summed E-state index contributed by atoms with van der Waals surface area (Å²) in [4.78, 5) is 12.7. The highest BCUT2D eigenvalue weighted by molar-refractivity contribution is 5.93. The molecule has 0 saturated carbocycles. The first-order valence-corrected chi connectivity index (χ1v) is 11.5. The van der Waals surface area contributed by atoms with Gasteiger partial charge in [-0.3, -0.25) is 15.4 Å². The number of benzene rings is 1. The van der Waals surface area contributed by atoms with E-state index >= 15 is 0 Å². The molecule has 0 spiro atoms. The topological polar surface area (TPSA) is 86.5 Å². The van der Waals surface area contributed by atoms with Crippen LogP contribution in [0.4, 0.5) is 11.4 Å². The minimum Gasteiger partial charge on any atom is -0.375 e. The summed E-state index contributed by atoms with van der Waals surface area (Å²) in [6.45, 7) is 9.35. The van der Waals surface area contributed by atoms with Crippen LogP contribution < -0.4 is 26.6 Å². The Kier molecular flexibility index (Phi) is 6.93. The number of piperidine rings is 1. The van der Waals surface area contributed by atoms with E-state index in [1.165, 1.54) is 12.8 Å².